The zero-order chi connectivity index (χ0) is 20.1. The lowest BCUT2D eigenvalue weighted by Crippen LogP contribution is -2.24. The normalized spacial score (nSPS) is 20.3. The van der Waals surface area contributed by atoms with Crippen LogP contribution < -0.4 is 11.1 Å². The number of carbonyl (C=O) groups is 1. The Morgan fingerprint density at radius 1 is 1.29 bits per heavy atom. The number of carbonyl (C=O) groups excluding carboxylic acids is 1. The van der Waals surface area contributed by atoms with Crippen LogP contribution in [0.2, 0.25) is 0 Å². The average molecular weight is 396 g/mol. The number of nitrogens with one attached hydrogen (secondary N) is 1. The molecule has 7 heteroatoms. The molecule has 28 heavy (non-hydrogen) atoms. The molecule has 144 valence electrons. The molecule has 0 radical (unpaired) electrons. The quantitative estimate of drug-likeness (QED) is 0.757. The fraction of sp³-hybridized carbons (Fsp3) is 0.286. The first kappa shape index (κ1) is 19.9. The number of nitrogens with zero attached hydrogens (tertiary/aromatic N) is 2. The zero-order valence-corrected chi connectivity index (χ0v) is 16.1. The number of benzene rings is 1. The second kappa shape index (κ2) is 8.89. The van der Waals surface area contributed by atoms with Gasteiger partial charge in [-0.3, -0.25) is 9.79 Å². The highest BCUT2D eigenvalue weighted by Crippen LogP contribution is 2.41. The van der Waals surface area contributed by atoms with Gasteiger partial charge in [-0.15, -0.1) is 12.8 Å². The van der Waals surface area contributed by atoms with Crippen LogP contribution in [-0.4, -0.2) is 21.8 Å². The van der Waals surface area contributed by atoms with Gasteiger partial charge in [0.05, 0.1) is 12.2 Å². The Morgan fingerprint density at radius 3 is 2.86 bits per heavy atom. The van der Waals surface area contributed by atoms with Crippen LogP contribution in [0.3, 0.4) is 0 Å². The third-order valence-electron chi connectivity index (χ3n) is 4.86. The van der Waals surface area contributed by atoms with Crippen molar-refractivity contribution in [1.29, 1.82) is 0 Å². The number of aryl methyl sites for hydroxylation is 1. The van der Waals surface area contributed by atoms with Crippen molar-refractivity contribution in [3.8, 4) is 12.8 Å². The van der Waals surface area contributed by atoms with Crippen LogP contribution in [0.1, 0.15) is 40.5 Å². The molecule has 0 saturated carbocycles. The number of thioether (sulfide) groups is 1. The second-order valence-corrected chi connectivity index (χ2v) is 7.65. The number of aromatic nitrogens is 1. The van der Waals surface area contributed by atoms with Gasteiger partial charge < -0.3 is 11.1 Å². The number of amidine groups is 1. The third kappa shape index (κ3) is 4.34. The van der Waals surface area contributed by atoms with Gasteiger partial charge in [0.15, 0.2) is 5.17 Å². The summed E-state index contributed by atoms with van der Waals surface area (Å²) in [5.74, 6) is 0.619. The first-order valence-corrected chi connectivity index (χ1v) is 9.94. The molecule has 0 fully saturated rings. The molecular formula is C21H21FN4OS. The van der Waals surface area contributed by atoms with E-state index in [9.17, 15) is 9.18 Å². The number of pyridine rings is 1. The monoisotopic (exact) mass is 396 g/mol. The molecule has 0 saturated heterocycles. The molecule has 4 rings (SSSR count). The zero-order valence-electron chi connectivity index (χ0n) is 15.3. The summed E-state index contributed by atoms with van der Waals surface area (Å²) >= 11 is 1.62. The molecule has 1 aromatic heterocycles. The highest BCUT2D eigenvalue weighted by molar-refractivity contribution is 8.13. The van der Waals surface area contributed by atoms with Gasteiger partial charge in [-0.05, 0) is 60.6 Å². The number of rotatable bonds is 2. The number of hydrogen-bond donors (Lipinski definition) is 2. The maximum Gasteiger partial charge on any atom is 0.274 e. The average Bonchev–Trinajstić information content (AvgIpc) is 2.89. The molecule has 1 aliphatic heterocycles. The van der Waals surface area contributed by atoms with Gasteiger partial charge in [0.2, 0.25) is 0 Å². The molecule has 2 aliphatic rings. The molecule has 0 bridgehead atoms. The molecule has 2 atom stereocenters. The van der Waals surface area contributed by atoms with Crippen LogP contribution >= 0.6 is 11.8 Å². The van der Waals surface area contributed by atoms with E-state index in [4.69, 9.17) is 5.73 Å². The summed E-state index contributed by atoms with van der Waals surface area (Å²) in [7, 11) is 0. The number of anilines is 1. The predicted octanol–water partition coefficient (Wildman–Crippen LogP) is 3.78. The lowest BCUT2D eigenvalue weighted by molar-refractivity contribution is 0.102. The van der Waals surface area contributed by atoms with Crippen molar-refractivity contribution < 1.29 is 9.18 Å². The predicted molar refractivity (Wildman–Crippen MR) is 112 cm³/mol. The van der Waals surface area contributed by atoms with Crippen molar-refractivity contribution in [3.05, 3.63) is 59.2 Å². The summed E-state index contributed by atoms with van der Waals surface area (Å²) in [6, 6.07) is 8.58. The smallest absolute Gasteiger partial charge is 0.274 e. The van der Waals surface area contributed by atoms with Gasteiger partial charge in [-0.25, -0.2) is 9.37 Å². The van der Waals surface area contributed by atoms with Crippen LogP contribution in [-0.2, 0) is 6.42 Å². The van der Waals surface area contributed by atoms with Crippen LogP contribution in [0.4, 0.5) is 10.1 Å². The highest BCUT2D eigenvalue weighted by Gasteiger charge is 2.31. The molecule has 0 spiro atoms. The summed E-state index contributed by atoms with van der Waals surface area (Å²) in [6.07, 6.45) is 12.3. The number of nitrogens with two attached hydrogens (primary N) is 1. The van der Waals surface area contributed by atoms with E-state index in [0.29, 0.717) is 16.8 Å². The molecule has 2 aromatic rings. The van der Waals surface area contributed by atoms with Crippen LogP contribution in [0.15, 0.2) is 41.5 Å². The highest BCUT2D eigenvalue weighted by atomic mass is 32.2. The first-order chi connectivity index (χ1) is 13.6. The third-order valence-corrected chi connectivity index (χ3v) is 5.86. The van der Waals surface area contributed by atoms with Crippen molar-refractivity contribution in [2.75, 3.05) is 11.1 Å². The second-order valence-electron chi connectivity index (χ2n) is 6.60. The molecule has 3 N–H and O–H groups in total. The minimum Gasteiger partial charge on any atom is -0.379 e. The molecule has 1 aromatic carbocycles. The SMILES string of the molecule is C#C.NC1=N[C@@H]2c3cc(NC(=O)c4ccc(F)cn4)ccc3CCC[C@@H]2CS1. The van der Waals surface area contributed by atoms with Gasteiger partial charge in [-0.1, -0.05) is 17.8 Å². The number of halogens is 1. The molecular weight excluding hydrogens is 375 g/mol. The van der Waals surface area contributed by atoms with Gasteiger partial charge in [0.25, 0.3) is 5.91 Å². The Morgan fingerprint density at radius 2 is 2.11 bits per heavy atom. The Kier molecular flexibility index (Phi) is 6.32. The fourth-order valence-corrected chi connectivity index (χ4v) is 4.49. The number of fused-ring (bicyclic) bond motifs is 3. The summed E-state index contributed by atoms with van der Waals surface area (Å²) in [5, 5.41) is 3.47. The molecule has 1 amide bonds. The summed E-state index contributed by atoms with van der Waals surface area (Å²) in [6.45, 7) is 0. The van der Waals surface area contributed by atoms with E-state index in [-0.39, 0.29) is 17.6 Å². The molecule has 1 aliphatic carbocycles. The van der Waals surface area contributed by atoms with E-state index < -0.39 is 5.82 Å². The van der Waals surface area contributed by atoms with Crippen molar-refractivity contribution in [2.45, 2.75) is 25.3 Å². The van der Waals surface area contributed by atoms with E-state index in [1.54, 1.807) is 11.8 Å². The standard InChI is InChI=1S/C19H19FN4OS.C2H2/c20-13-5-7-16(22-9-13)18(25)23-14-6-4-11-2-1-3-12-10-26-19(21)24-17(12)15(11)8-14;1-2/h4-9,12,17H,1-3,10H2,(H2,21,24)(H,23,25);1-2H/t12-,17+;/m1./s1. The molecule has 2 heterocycles. The van der Waals surface area contributed by atoms with Crippen molar-refractivity contribution in [2.24, 2.45) is 16.6 Å². The summed E-state index contributed by atoms with van der Waals surface area (Å²) in [4.78, 5) is 20.9. The van der Waals surface area contributed by atoms with Crippen molar-refractivity contribution >= 4 is 28.5 Å². The van der Waals surface area contributed by atoms with E-state index in [1.807, 2.05) is 12.1 Å². The Bertz CT molecular complexity index is 910. The Balaban J connectivity index is 0.00000109. The Labute approximate surface area is 168 Å². The molecule has 5 nitrogen and oxygen atoms in total. The lowest BCUT2D eigenvalue weighted by Gasteiger charge is -2.27. The maximum atomic E-state index is 13.0. The Hall–Kier alpha value is -2.85. The largest absolute Gasteiger partial charge is 0.379 e. The van der Waals surface area contributed by atoms with Gasteiger partial charge in [0, 0.05) is 11.4 Å². The first-order valence-electron chi connectivity index (χ1n) is 8.95. The van der Waals surface area contributed by atoms with Gasteiger partial charge in [-0.2, -0.15) is 0 Å². The van der Waals surface area contributed by atoms with Crippen molar-refractivity contribution in [1.82, 2.24) is 4.98 Å². The minimum absolute atomic E-state index is 0.0505. The topological polar surface area (TPSA) is 80.4 Å². The number of amides is 1. The summed E-state index contributed by atoms with van der Waals surface area (Å²) < 4.78 is 13.0. The lowest BCUT2D eigenvalue weighted by atomic mass is 9.92. The van der Waals surface area contributed by atoms with Gasteiger partial charge in [0.1, 0.15) is 11.5 Å². The number of terminal acetylenes is 1. The number of hydrogen-bond acceptors (Lipinski definition) is 5. The molecule has 0 unspecified atom stereocenters. The van der Waals surface area contributed by atoms with Crippen molar-refractivity contribution in [3.63, 3.8) is 0 Å². The maximum absolute atomic E-state index is 13.0. The van der Waals surface area contributed by atoms with E-state index >= 15 is 0 Å². The van der Waals surface area contributed by atoms with E-state index in [1.165, 1.54) is 17.7 Å². The van der Waals surface area contributed by atoms with E-state index in [0.717, 1.165) is 36.8 Å². The fourth-order valence-electron chi connectivity index (χ4n) is 3.56. The minimum atomic E-state index is -0.469. The van der Waals surface area contributed by atoms with Crippen LogP contribution in [0.25, 0.3) is 0 Å². The number of aliphatic imine (C=N–C) groups is 1. The summed E-state index contributed by atoms with van der Waals surface area (Å²) in [5.41, 5.74) is 9.23. The van der Waals surface area contributed by atoms with Crippen LogP contribution in [0, 0.1) is 24.6 Å². The van der Waals surface area contributed by atoms with Crippen LogP contribution in [0.5, 0.6) is 0 Å². The van der Waals surface area contributed by atoms with E-state index in [2.05, 4.69) is 34.2 Å². The van der Waals surface area contributed by atoms with Gasteiger partial charge >= 0.3 is 0 Å².